The lowest BCUT2D eigenvalue weighted by atomic mass is 10.1. The zero-order chi connectivity index (χ0) is 20.1. The van der Waals surface area contributed by atoms with Crippen LogP contribution in [-0.2, 0) is 16.4 Å². The van der Waals surface area contributed by atoms with Gasteiger partial charge in [0.15, 0.2) is 0 Å². The van der Waals surface area contributed by atoms with Crippen LogP contribution in [0.3, 0.4) is 0 Å². The molecule has 0 bridgehead atoms. The molecule has 1 unspecified atom stereocenters. The largest absolute Gasteiger partial charge is 0.268 e. The molecule has 0 saturated carbocycles. The van der Waals surface area contributed by atoms with Gasteiger partial charge in [0.05, 0.1) is 0 Å². The molecule has 3 aromatic rings. The zero-order valence-corrected chi connectivity index (χ0v) is 17.4. The highest BCUT2D eigenvalue weighted by atomic mass is 32.2. The smallest absolute Gasteiger partial charge is 0.244 e. The topological polar surface area (TPSA) is 64.0 Å². The van der Waals surface area contributed by atoms with Crippen LogP contribution in [-0.4, -0.2) is 24.2 Å². The fraction of sp³-hybridized carbons (Fsp3) is 0.318. The van der Waals surface area contributed by atoms with Gasteiger partial charge in [0, 0.05) is 23.8 Å². The second-order valence-electron chi connectivity index (χ2n) is 7.33. The van der Waals surface area contributed by atoms with Gasteiger partial charge in [-0.1, -0.05) is 60.7 Å². The van der Waals surface area contributed by atoms with Crippen molar-refractivity contribution in [2.75, 3.05) is 0 Å². The van der Waals surface area contributed by atoms with Crippen LogP contribution in [0.15, 0.2) is 71.8 Å². The Labute approximate surface area is 167 Å². The van der Waals surface area contributed by atoms with Gasteiger partial charge in [-0.05, 0) is 39.2 Å². The van der Waals surface area contributed by atoms with Gasteiger partial charge in [-0.2, -0.15) is 5.10 Å². The minimum Gasteiger partial charge on any atom is -0.268 e. The molecule has 5 nitrogen and oxygen atoms in total. The zero-order valence-electron chi connectivity index (χ0n) is 16.5. The predicted molar refractivity (Wildman–Crippen MR) is 113 cm³/mol. The number of benzene rings is 2. The molecule has 1 heterocycles. The first-order valence-electron chi connectivity index (χ1n) is 9.57. The molecule has 2 aromatic carbocycles. The number of sulfonamides is 1. The SMILES string of the molecule is CC(CCc1ccccc1)NS(=O)(=O)c1cn(C(C)C)nc1-c1ccccc1. The number of nitrogens with zero attached hydrogens (tertiary/aromatic N) is 2. The van der Waals surface area contributed by atoms with Crippen LogP contribution in [0.25, 0.3) is 11.3 Å². The lowest BCUT2D eigenvalue weighted by Crippen LogP contribution is -2.33. The molecular weight excluding hydrogens is 370 g/mol. The summed E-state index contributed by atoms with van der Waals surface area (Å²) in [4.78, 5) is 0.221. The molecule has 3 rings (SSSR count). The lowest BCUT2D eigenvalue weighted by molar-refractivity contribution is 0.530. The van der Waals surface area contributed by atoms with Crippen LogP contribution in [0.2, 0.25) is 0 Å². The van der Waals surface area contributed by atoms with Gasteiger partial charge in [0.25, 0.3) is 0 Å². The highest BCUT2D eigenvalue weighted by Gasteiger charge is 2.25. The van der Waals surface area contributed by atoms with E-state index in [1.54, 1.807) is 10.9 Å². The molecular formula is C22H27N3O2S. The molecule has 148 valence electrons. The van der Waals surface area contributed by atoms with Crippen molar-refractivity contribution in [3.05, 3.63) is 72.4 Å². The molecule has 0 radical (unpaired) electrons. The third-order valence-corrected chi connectivity index (χ3v) is 6.22. The Kier molecular flexibility index (Phi) is 6.31. The van der Waals surface area contributed by atoms with E-state index in [1.807, 2.05) is 69.3 Å². The van der Waals surface area contributed by atoms with Gasteiger partial charge in [-0.25, -0.2) is 13.1 Å². The van der Waals surface area contributed by atoms with Crippen LogP contribution in [0.1, 0.15) is 38.8 Å². The summed E-state index contributed by atoms with van der Waals surface area (Å²) in [6.45, 7) is 5.86. The second kappa shape index (κ2) is 8.71. The minimum absolute atomic E-state index is 0.0712. The van der Waals surface area contributed by atoms with Gasteiger partial charge < -0.3 is 0 Å². The molecule has 1 N–H and O–H groups in total. The summed E-state index contributed by atoms with van der Waals surface area (Å²) in [5.41, 5.74) is 2.47. The van der Waals surface area contributed by atoms with Crippen molar-refractivity contribution in [3.8, 4) is 11.3 Å². The van der Waals surface area contributed by atoms with Crippen molar-refractivity contribution >= 4 is 10.0 Å². The Bertz CT molecular complexity index is 997. The van der Waals surface area contributed by atoms with E-state index in [2.05, 4.69) is 22.0 Å². The monoisotopic (exact) mass is 397 g/mol. The van der Waals surface area contributed by atoms with Crippen molar-refractivity contribution in [2.45, 2.75) is 50.6 Å². The molecule has 28 heavy (non-hydrogen) atoms. The molecule has 6 heteroatoms. The molecule has 0 aliphatic rings. The van der Waals surface area contributed by atoms with Crippen LogP contribution < -0.4 is 4.72 Å². The Hall–Kier alpha value is -2.44. The predicted octanol–water partition coefficient (Wildman–Crippen LogP) is 4.43. The highest BCUT2D eigenvalue weighted by molar-refractivity contribution is 7.89. The van der Waals surface area contributed by atoms with Crippen LogP contribution in [0.4, 0.5) is 0 Å². The summed E-state index contributed by atoms with van der Waals surface area (Å²) < 4.78 is 30.8. The van der Waals surface area contributed by atoms with Gasteiger partial charge >= 0.3 is 0 Å². The molecule has 1 atom stereocenters. The van der Waals surface area contributed by atoms with E-state index in [-0.39, 0.29) is 17.0 Å². The summed E-state index contributed by atoms with van der Waals surface area (Å²) >= 11 is 0. The Morgan fingerprint density at radius 1 is 0.964 bits per heavy atom. The van der Waals surface area contributed by atoms with Gasteiger partial charge in [0.1, 0.15) is 10.6 Å². The van der Waals surface area contributed by atoms with Crippen LogP contribution >= 0.6 is 0 Å². The summed E-state index contributed by atoms with van der Waals surface area (Å²) in [7, 11) is -3.69. The van der Waals surface area contributed by atoms with Crippen LogP contribution in [0, 0.1) is 0 Å². The van der Waals surface area contributed by atoms with Crippen molar-refractivity contribution in [1.82, 2.24) is 14.5 Å². The Morgan fingerprint density at radius 2 is 1.57 bits per heavy atom. The molecule has 0 aliphatic carbocycles. The van der Waals surface area contributed by atoms with E-state index in [0.717, 1.165) is 18.4 Å². The van der Waals surface area contributed by atoms with E-state index in [1.165, 1.54) is 5.56 Å². The average Bonchev–Trinajstić information content (AvgIpc) is 3.14. The Balaban J connectivity index is 1.82. The fourth-order valence-electron chi connectivity index (χ4n) is 3.05. The van der Waals surface area contributed by atoms with E-state index in [9.17, 15) is 8.42 Å². The Morgan fingerprint density at radius 3 is 2.18 bits per heavy atom. The summed E-state index contributed by atoms with van der Waals surface area (Å²) in [5.74, 6) is 0. The molecule has 0 spiro atoms. The molecule has 1 aromatic heterocycles. The molecule has 0 amide bonds. The maximum absolute atomic E-state index is 13.1. The maximum Gasteiger partial charge on any atom is 0.244 e. The van der Waals surface area contributed by atoms with Crippen molar-refractivity contribution in [3.63, 3.8) is 0 Å². The normalized spacial score (nSPS) is 13.0. The fourth-order valence-corrected chi connectivity index (χ4v) is 4.48. The third-order valence-electron chi connectivity index (χ3n) is 4.63. The van der Waals surface area contributed by atoms with E-state index in [0.29, 0.717) is 5.69 Å². The number of hydrogen-bond acceptors (Lipinski definition) is 3. The van der Waals surface area contributed by atoms with Crippen molar-refractivity contribution < 1.29 is 8.42 Å². The lowest BCUT2D eigenvalue weighted by Gasteiger charge is -2.14. The van der Waals surface area contributed by atoms with Crippen molar-refractivity contribution in [1.29, 1.82) is 0 Å². The summed E-state index contributed by atoms with van der Waals surface area (Å²) in [6.07, 6.45) is 3.17. The standard InChI is InChI=1S/C22H27N3O2S/c1-17(2)25-16-21(22(23-25)20-12-8-5-9-13-20)28(26,27)24-18(3)14-15-19-10-6-4-7-11-19/h4-13,16-18,24H,14-15H2,1-3H3. The molecule has 0 fully saturated rings. The van der Waals surface area contributed by atoms with Gasteiger partial charge in [-0.15, -0.1) is 0 Å². The second-order valence-corrected chi connectivity index (χ2v) is 9.01. The third kappa shape index (κ3) is 4.88. The maximum atomic E-state index is 13.1. The van der Waals surface area contributed by atoms with E-state index in [4.69, 9.17) is 0 Å². The summed E-state index contributed by atoms with van der Waals surface area (Å²) in [6, 6.07) is 19.4. The average molecular weight is 398 g/mol. The highest BCUT2D eigenvalue weighted by Crippen LogP contribution is 2.27. The van der Waals surface area contributed by atoms with Gasteiger partial charge in [-0.3, -0.25) is 4.68 Å². The molecule has 0 saturated heterocycles. The first-order valence-corrected chi connectivity index (χ1v) is 11.1. The minimum atomic E-state index is -3.69. The molecule has 0 aliphatic heterocycles. The number of nitrogens with one attached hydrogen (secondary N) is 1. The quantitative estimate of drug-likeness (QED) is 0.611. The first kappa shape index (κ1) is 20.3. The summed E-state index contributed by atoms with van der Waals surface area (Å²) in [5, 5.41) is 4.54. The first-order chi connectivity index (χ1) is 13.4. The van der Waals surface area contributed by atoms with Gasteiger partial charge in [0.2, 0.25) is 10.0 Å². The van der Waals surface area contributed by atoms with Crippen LogP contribution in [0.5, 0.6) is 0 Å². The number of hydrogen-bond donors (Lipinski definition) is 1. The number of aromatic nitrogens is 2. The number of aryl methyl sites for hydroxylation is 1. The van der Waals surface area contributed by atoms with E-state index >= 15 is 0 Å². The van der Waals surface area contributed by atoms with Crippen molar-refractivity contribution in [2.24, 2.45) is 0 Å². The van der Waals surface area contributed by atoms with E-state index < -0.39 is 10.0 Å². The number of rotatable bonds is 8.